The molecule has 0 aliphatic heterocycles. The Hall–Kier alpha value is -0.860. The van der Waals surface area contributed by atoms with E-state index in [1.807, 2.05) is 20.8 Å². The molecule has 0 spiro atoms. The van der Waals surface area contributed by atoms with Gasteiger partial charge in [0, 0.05) is 12.3 Å². The fourth-order valence-corrected chi connectivity index (χ4v) is 2.03. The zero-order chi connectivity index (χ0) is 12.6. The topological polar surface area (TPSA) is 43.4 Å². The van der Waals surface area contributed by atoms with Gasteiger partial charge in [0.05, 0.1) is 12.5 Å². The molecule has 0 bridgehead atoms. The van der Waals surface area contributed by atoms with Crippen molar-refractivity contribution >= 4 is 11.8 Å². The molecular weight excluding hydrogens is 204 g/mol. The van der Waals surface area contributed by atoms with Crippen LogP contribution in [0.1, 0.15) is 53.4 Å². The van der Waals surface area contributed by atoms with Gasteiger partial charge in [-0.1, -0.05) is 20.8 Å². The number of carbonyl (C=O) groups excluding carboxylic acids is 2. The Bertz CT molecular complexity index is 199. The molecule has 0 N–H and O–H groups in total. The predicted octanol–water partition coefficient (Wildman–Crippen LogP) is 2.97. The van der Waals surface area contributed by atoms with Crippen molar-refractivity contribution in [2.24, 2.45) is 11.8 Å². The summed E-state index contributed by atoms with van der Waals surface area (Å²) in [6, 6.07) is 0. The van der Waals surface area contributed by atoms with E-state index in [9.17, 15) is 9.59 Å². The molecule has 3 nitrogen and oxygen atoms in total. The molecule has 0 aromatic carbocycles. The van der Waals surface area contributed by atoms with Crippen LogP contribution < -0.4 is 0 Å². The van der Waals surface area contributed by atoms with Gasteiger partial charge in [0.15, 0.2) is 0 Å². The maximum atomic E-state index is 11.9. The molecule has 0 radical (unpaired) electrons. The number of rotatable bonds is 8. The monoisotopic (exact) mass is 228 g/mol. The van der Waals surface area contributed by atoms with E-state index < -0.39 is 0 Å². The first kappa shape index (κ1) is 15.1. The van der Waals surface area contributed by atoms with Gasteiger partial charge in [-0.25, -0.2) is 0 Å². The van der Waals surface area contributed by atoms with Gasteiger partial charge in [-0.2, -0.15) is 0 Å². The molecule has 0 aliphatic carbocycles. The number of hydrogen-bond acceptors (Lipinski definition) is 3. The highest BCUT2D eigenvalue weighted by molar-refractivity contribution is 5.86. The lowest BCUT2D eigenvalue weighted by Gasteiger charge is -2.22. The molecule has 16 heavy (non-hydrogen) atoms. The zero-order valence-corrected chi connectivity index (χ0v) is 10.9. The number of Topliss-reactive ketones (excluding diaryl/α,β-unsaturated/α-hetero) is 1. The summed E-state index contributed by atoms with van der Waals surface area (Å²) in [7, 11) is 0. The van der Waals surface area contributed by atoms with E-state index >= 15 is 0 Å². The van der Waals surface area contributed by atoms with Crippen LogP contribution in [0.5, 0.6) is 0 Å². The summed E-state index contributed by atoms with van der Waals surface area (Å²) >= 11 is 0. The Labute approximate surface area is 98.6 Å². The highest BCUT2D eigenvalue weighted by atomic mass is 16.5. The van der Waals surface area contributed by atoms with Crippen LogP contribution in [0.25, 0.3) is 0 Å². The van der Waals surface area contributed by atoms with Crippen LogP contribution in [-0.2, 0) is 14.3 Å². The van der Waals surface area contributed by atoms with Crippen molar-refractivity contribution in [3.8, 4) is 0 Å². The molecule has 0 aliphatic rings. The normalized spacial score (nSPS) is 14.2. The lowest BCUT2D eigenvalue weighted by molar-refractivity contribution is -0.152. The summed E-state index contributed by atoms with van der Waals surface area (Å²) in [5.74, 6) is -0.445. The number of ether oxygens (including phenoxy) is 1. The molecule has 0 amide bonds. The summed E-state index contributed by atoms with van der Waals surface area (Å²) in [5, 5.41) is 0. The lowest BCUT2D eigenvalue weighted by atomic mass is 9.83. The van der Waals surface area contributed by atoms with Crippen LogP contribution in [0.2, 0.25) is 0 Å². The third-order valence-electron chi connectivity index (χ3n) is 2.86. The molecule has 0 aromatic rings. The Morgan fingerprint density at radius 1 is 1.00 bits per heavy atom. The van der Waals surface area contributed by atoms with Crippen LogP contribution in [0.4, 0.5) is 0 Å². The molecule has 0 rings (SSSR count). The van der Waals surface area contributed by atoms with Crippen molar-refractivity contribution < 1.29 is 14.3 Å². The van der Waals surface area contributed by atoms with Gasteiger partial charge in [-0.3, -0.25) is 9.59 Å². The molecule has 3 heteroatoms. The summed E-state index contributed by atoms with van der Waals surface area (Å²) in [5.41, 5.74) is 0. The first-order valence-corrected chi connectivity index (χ1v) is 6.31. The Morgan fingerprint density at radius 2 is 1.56 bits per heavy atom. The SMILES string of the molecule is CCCC(=O)C(CC)C(CC)C(=O)OCC. The van der Waals surface area contributed by atoms with E-state index in [4.69, 9.17) is 4.74 Å². The summed E-state index contributed by atoms with van der Waals surface area (Å²) < 4.78 is 5.01. The second kappa shape index (κ2) is 8.31. The van der Waals surface area contributed by atoms with Crippen molar-refractivity contribution in [1.82, 2.24) is 0 Å². The summed E-state index contributed by atoms with van der Waals surface area (Å²) in [4.78, 5) is 23.6. The predicted molar refractivity (Wildman–Crippen MR) is 64.1 cm³/mol. The molecule has 0 aromatic heterocycles. The van der Waals surface area contributed by atoms with Crippen molar-refractivity contribution in [3.63, 3.8) is 0 Å². The Kier molecular flexibility index (Phi) is 7.86. The second-order valence-electron chi connectivity index (χ2n) is 4.00. The summed E-state index contributed by atoms with van der Waals surface area (Å²) in [6.07, 6.45) is 2.80. The third-order valence-corrected chi connectivity index (χ3v) is 2.86. The van der Waals surface area contributed by atoms with Gasteiger partial charge in [0.25, 0.3) is 0 Å². The average molecular weight is 228 g/mol. The first-order valence-electron chi connectivity index (χ1n) is 6.31. The van der Waals surface area contributed by atoms with Gasteiger partial charge in [-0.15, -0.1) is 0 Å². The number of ketones is 1. The molecule has 0 saturated carbocycles. The van der Waals surface area contributed by atoms with E-state index in [1.54, 1.807) is 6.92 Å². The molecule has 2 unspecified atom stereocenters. The van der Waals surface area contributed by atoms with Crippen molar-refractivity contribution in [1.29, 1.82) is 0 Å². The van der Waals surface area contributed by atoms with Crippen molar-refractivity contribution in [2.45, 2.75) is 53.4 Å². The maximum Gasteiger partial charge on any atom is 0.309 e. The minimum atomic E-state index is -0.260. The van der Waals surface area contributed by atoms with Gasteiger partial charge >= 0.3 is 5.97 Å². The quantitative estimate of drug-likeness (QED) is 0.600. The lowest BCUT2D eigenvalue weighted by Crippen LogP contribution is -2.30. The van der Waals surface area contributed by atoms with Crippen molar-refractivity contribution in [3.05, 3.63) is 0 Å². The van der Waals surface area contributed by atoms with E-state index in [0.717, 1.165) is 12.8 Å². The minimum Gasteiger partial charge on any atom is -0.466 e. The minimum absolute atomic E-state index is 0.163. The third kappa shape index (κ3) is 4.33. The highest BCUT2D eigenvalue weighted by Gasteiger charge is 2.31. The van der Waals surface area contributed by atoms with Crippen LogP contribution in [0.15, 0.2) is 0 Å². The largest absolute Gasteiger partial charge is 0.466 e. The second-order valence-corrected chi connectivity index (χ2v) is 4.00. The fourth-order valence-electron chi connectivity index (χ4n) is 2.03. The maximum absolute atomic E-state index is 11.9. The highest BCUT2D eigenvalue weighted by Crippen LogP contribution is 2.23. The van der Waals surface area contributed by atoms with Gasteiger partial charge in [0.1, 0.15) is 5.78 Å². The smallest absolute Gasteiger partial charge is 0.309 e. The number of esters is 1. The molecule has 0 heterocycles. The van der Waals surface area contributed by atoms with E-state index in [0.29, 0.717) is 19.4 Å². The Balaban J connectivity index is 4.61. The average Bonchev–Trinajstić information content (AvgIpc) is 2.25. The van der Waals surface area contributed by atoms with Crippen molar-refractivity contribution in [2.75, 3.05) is 6.61 Å². The number of carbonyl (C=O) groups is 2. The molecule has 2 atom stereocenters. The Morgan fingerprint density at radius 3 is 1.94 bits per heavy atom. The van der Waals surface area contributed by atoms with Crippen LogP contribution in [0, 0.1) is 11.8 Å². The molecule has 0 saturated heterocycles. The van der Waals surface area contributed by atoms with Gasteiger partial charge in [-0.05, 0) is 26.2 Å². The molecule has 0 fully saturated rings. The van der Waals surface area contributed by atoms with Crippen LogP contribution >= 0.6 is 0 Å². The summed E-state index contributed by atoms with van der Waals surface area (Å²) in [6.45, 7) is 8.05. The zero-order valence-electron chi connectivity index (χ0n) is 10.9. The standard InChI is InChI=1S/C13H24O3/c1-5-9-12(14)10(6-2)11(7-3)13(15)16-8-4/h10-11H,5-9H2,1-4H3. The van der Waals surface area contributed by atoms with E-state index in [1.165, 1.54) is 0 Å². The molecule has 94 valence electrons. The number of hydrogen-bond donors (Lipinski definition) is 0. The van der Waals surface area contributed by atoms with Gasteiger partial charge < -0.3 is 4.74 Å². The first-order chi connectivity index (χ1) is 7.62. The van der Waals surface area contributed by atoms with Gasteiger partial charge in [0.2, 0.25) is 0 Å². The van der Waals surface area contributed by atoms with Crippen LogP contribution in [-0.4, -0.2) is 18.4 Å². The van der Waals surface area contributed by atoms with E-state index in [2.05, 4.69) is 0 Å². The van der Waals surface area contributed by atoms with E-state index in [-0.39, 0.29) is 23.6 Å². The molecular formula is C13H24O3. The van der Waals surface area contributed by atoms with Crippen LogP contribution in [0.3, 0.4) is 0 Å². The fraction of sp³-hybridized carbons (Fsp3) is 0.846.